The topological polar surface area (TPSA) is 54.4 Å². The molecular weight excluding hydrogens is 340 g/mol. The van der Waals surface area contributed by atoms with Crippen LogP contribution >= 0.6 is 27.5 Å². The maximum atomic E-state index is 11.3. The van der Waals surface area contributed by atoms with Crippen LogP contribution in [-0.2, 0) is 9.84 Å². The lowest BCUT2D eigenvalue weighted by atomic mass is 10.1. The van der Waals surface area contributed by atoms with Crippen LogP contribution in [-0.4, -0.2) is 25.0 Å². The number of sulfone groups is 1. The van der Waals surface area contributed by atoms with E-state index >= 15 is 0 Å². The molecule has 1 unspecified atom stereocenters. The molecule has 0 saturated carbocycles. The molecule has 1 atom stereocenters. The van der Waals surface area contributed by atoms with Crippen molar-refractivity contribution in [3.8, 4) is 0 Å². The smallest absolute Gasteiger partial charge is 0.150 e. The molecule has 3 nitrogen and oxygen atoms in total. The number of hydrogen-bond acceptors (Lipinski definition) is 3. The van der Waals surface area contributed by atoms with Crippen molar-refractivity contribution in [1.82, 2.24) is 0 Å². The minimum absolute atomic E-state index is 0.106. The first-order valence-electron chi connectivity index (χ1n) is 5.69. The molecular formula is C12H16BrClO3S. The molecule has 0 radical (unpaired) electrons. The van der Waals surface area contributed by atoms with Crippen LogP contribution < -0.4 is 0 Å². The molecule has 102 valence electrons. The van der Waals surface area contributed by atoms with E-state index in [0.29, 0.717) is 23.4 Å². The van der Waals surface area contributed by atoms with E-state index in [4.69, 9.17) is 11.6 Å². The van der Waals surface area contributed by atoms with Crippen molar-refractivity contribution < 1.29 is 13.5 Å². The van der Waals surface area contributed by atoms with Gasteiger partial charge in [-0.2, -0.15) is 0 Å². The Morgan fingerprint density at radius 2 is 2.11 bits per heavy atom. The van der Waals surface area contributed by atoms with Crippen molar-refractivity contribution in [3.05, 3.63) is 33.3 Å². The van der Waals surface area contributed by atoms with Gasteiger partial charge in [-0.3, -0.25) is 0 Å². The lowest BCUT2D eigenvalue weighted by Crippen LogP contribution is -2.10. The van der Waals surface area contributed by atoms with E-state index in [1.54, 1.807) is 25.1 Å². The molecule has 0 aromatic heterocycles. The second-order valence-electron chi connectivity index (χ2n) is 4.06. The summed E-state index contributed by atoms with van der Waals surface area (Å²) in [5, 5.41) is 10.4. The van der Waals surface area contributed by atoms with Gasteiger partial charge in [0, 0.05) is 15.2 Å². The Bertz CT molecular complexity index is 502. The summed E-state index contributed by atoms with van der Waals surface area (Å²) in [4.78, 5) is 0. The molecule has 0 saturated heterocycles. The number of aliphatic hydroxyl groups excluding tert-OH is 1. The summed E-state index contributed by atoms with van der Waals surface area (Å²) in [7, 11) is -2.97. The summed E-state index contributed by atoms with van der Waals surface area (Å²) in [5.41, 5.74) is 0.633. The Labute approximate surface area is 121 Å². The van der Waals surface area contributed by atoms with Gasteiger partial charge in [0.1, 0.15) is 9.84 Å². The average Bonchev–Trinajstić information content (AvgIpc) is 2.28. The van der Waals surface area contributed by atoms with Gasteiger partial charge in [0.2, 0.25) is 0 Å². The molecule has 0 aliphatic carbocycles. The van der Waals surface area contributed by atoms with E-state index in [-0.39, 0.29) is 11.5 Å². The van der Waals surface area contributed by atoms with E-state index in [0.717, 1.165) is 4.47 Å². The van der Waals surface area contributed by atoms with E-state index in [1.165, 1.54) is 0 Å². The van der Waals surface area contributed by atoms with Crippen LogP contribution in [0.5, 0.6) is 0 Å². The molecule has 1 aromatic rings. The molecule has 0 aliphatic rings. The van der Waals surface area contributed by atoms with Gasteiger partial charge in [0.25, 0.3) is 0 Å². The third kappa shape index (κ3) is 4.88. The normalized spacial score (nSPS) is 13.6. The Kier molecular flexibility index (Phi) is 6.11. The van der Waals surface area contributed by atoms with Crippen LogP contribution in [0.3, 0.4) is 0 Å². The van der Waals surface area contributed by atoms with Crippen molar-refractivity contribution in [3.63, 3.8) is 0 Å². The zero-order valence-electron chi connectivity index (χ0n) is 10.1. The zero-order chi connectivity index (χ0) is 13.8. The van der Waals surface area contributed by atoms with Gasteiger partial charge < -0.3 is 5.11 Å². The number of halogens is 2. The molecule has 0 spiro atoms. The largest absolute Gasteiger partial charge is 0.388 e. The molecule has 0 heterocycles. The second-order valence-corrected chi connectivity index (χ2v) is 7.86. The van der Waals surface area contributed by atoms with Crippen molar-refractivity contribution in [1.29, 1.82) is 0 Å². The summed E-state index contributed by atoms with van der Waals surface area (Å²) in [6.45, 7) is 1.62. The maximum absolute atomic E-state index is 11.3. The Balaban J connectivity index is 2.58. The lowest BCUT2D eigenvalue weighted by molar-refractivity contribution is 0.167. The number of rotatable bonds is 6. The van der Waals surface area contributed by atoms with Crippen molar-refractivity contribution in [2.24, 2.45) is 0 Å². The third-order valence-corrected chi connectivity index (χ3v) is 5.31. The Morgan fingerprint density at radius 3 is 2.67 bits per heavy atom. The molecule has 0 bridgehead atoms. The van der Waals surface area contributed by atoms with Gasteiger partial charge in [-0.25, -0.2) is 8.42 Å². The summed E-state index contributed by atoms with van der Waals surface area (Å²) in [6.07, 6.45) is 0.0993. The van der Waals surface area contributed by atoms with Gasteiger partial charge >= 0.3 is 0 Å². The summed E-state index contributed by atoms with van der Waals surface area (Å²) in [6, 6.07) is 5.25. The quantitative estimate of drug-likeness (QED) is 0.851. The first-order chi connectivity index (χ1) is 8.35. The second kappa shape index (κ2) is 6.89. The van der Waals surface area contributed by atoms with E-state index < -0.39 is 15.9 Å². The van der Waals surface area contributed by atoms with E-state index in [2.05, 4.69) is 15.9 Å². The number of hydrogen-bond donors (Lipinski definition) is 1. The van der Waals surface area contributed by atoms with Crippen LogP contribution in [0.25, 0.3) is 0 Å². The third-order valence-electron chi connectivity index (χ3n) is 2.69. The highest BCUT2D eigenvalue weighted by molar-refractivity contribution is 9.10. The molecule has 0 amide bonds. The number of aliphatic hydroxyl groups is 1. The standard InChI is InChI=1S/C12H16BrClO3S/c1-2-18(16,17)7-3-4-12(15)10-6-5-9(13)8-11(10)14/h5-6,8,12,15H,2-4,7H2,1H3. The molecule has 1 N–H and O–H groups in total. The van der Waals surface area contributed by atoms with Gasteiger partial charge in [0.05, 0.1) is 11.9 Å². The van der Waals surface area contributed by atoms with Crippen molar-refractivity contribution >= 4 is 37.4 Å². The molecule has 18 heavy (non-hydrogen) atoms. The summed E-state index contributed by atoms with van der Waals surface area (Å²) < 4.78 is 23.5. The fourth-order valence-corrected chi connectivity index (χ4v) is 3.26. The predicted molar refractivity (Wildman–Crippen MR) is 77.7 cm³/mol. The molecule has 0 aliphatic heterocycles. The van der Waals surface area contributed by atoms with Crippen LogP contribution in [0.1, 0.15) is 31.4 Å². The predicted octanol–water partition coefficient (Wildman–Crippen LogP) is 3.35. The Morgan fingerprint density at radius 1 is 1.44 bits per heavy atom. The molecule has 1 aromatic carbocycles. The molecule has 6 heteroatoms. The van der Waals surface area contributed by atoms with E-state index in [1.807, 2.05) is 0 Å². The zero-order valence-corrected chi connectivity index (χ0v) is 13.2. The minimum Gasteiger partial charge on any atom is -0.388 e. The molecule has 0 fully saturated rings. The van der Waals surface area contributed by atoms with Gasteiger partial charge in [-0.1, -0.05) is 40.5 Å². The average molecular weight is 356 g/mol. The SMILES string of the molecule is CCS(=O)(=O)CCCC(O)c1ccc(Br)cc1Cl. The monoisotopic (exact) mass is 354 g/mol. The first-order valence-corrected chi connectivity index (χ1v) is 8.68. The van der Waals surface area contributed by atoms with Gasteiger partial charge in [-0.15, -0.1) is 0 Å². The van der Waals surface area contributed by atoms with E-state index in [9.17, 15) is 13.5 Å². The van der Waals surface area contributed by atoms with Crippen LogP contribution in [0.4, 0.5) is 0 Å². The van der Waals surface area contributed by atoms with Crippen LogP contribution in [0.2, 0.25) is 5.02 Å². The summed E-state index contributed by atoms with van der Waals surface area (Å²) >= 11 is 9.30. The minimum atomic E-state index is -2.97. The number of benzene rings is 1. The highest BCUT2D eigenvalue weighted by Crippen LogP contribution is 2.28. The van der Waals surface area contributed by atoms with Gasteiger partial charge in [-0.05, 0) is 30.5 Å². The first kappa shape index (κ1) is 16.0. The lowest BCUT2D eigenvalue weighted by Gasteiger charge is -2.12. The highest BCUT2D eigenvalue weighted by Gasteiger charge is 2.14. The van der Waals surface area contributed by atoms with Crippen LogP contribution in [0.15, 0.2) is 22.7 Å². The molecule has 1 rings (SSSR count). The Hall–Kier alpha value is -0.100. The highest BCUT2D eigenvalue weighted by atomic mass is 79.9. The van der Waals surface area contributed by atoms with Crippen molar-refractivity contribution in [2.45, 2.75) is 25.9 Å². The fourth-order valence-electron chi connectivity index (χ4n) is 1.57. The van der Waals surface area contributed by atoms with Crippen LogP contribution in [0, 0.1) is 0 Å². The summed E-state index contributed by atoms with van der Waals surface area (Å²) in [5.74, 6) is 0.247. The van der Waals surface area contributed by atoms with Crippen molar-refractivity contribution in [2.75, 3.05) is 11.5 Å². The fraction of sp³-hybridized carbons (Fsp3) is 0.500. The van der Waals surface area contributed by atoms with Gasteiger partial charge in [0.15, 0.2) is 0 Å². The maximum Gasteiger partial charge on any atom is 0.150 e.